The predicted octanol–water partition coefficient (Wildman–Crippen LogP) is 8.79. The summed E-state index contributed by atoms with van der Waals surface area (Å²) < 4.78 is 150. The van der Waals surface area contributed by atoms with Gasteiger partial charge in [0.15, 0.2) is 0 Å². The Morgan fingerprint density at radius 1 is 0.644 bits per heavy atom. The van der Waals surface area contributed by atoms with Gasteiger partial charge in [0.2, 0.25) is 0 Å². The number of hydrogen-bond acceptors (Lipinski definition) is 7. The highest BCUT2D eigenvalue weighted by atomic mass is 32.2. The molecule has 0 aliphatic rings. The first kappa shape index (κ1) is 38.1. The molecule has 0 N–H and O–H groups in total. The molecule has 17 heteroatoms. The summed E-state index contributed by atoms with van der Waals surface area (Å²) in [4.78, 5) is 31.2. The number of methoxy groups -OCH3 is 2. The number of pyridine rings is 2. The highest BCUT2D eigenvalue weighted by molar-refractivity contribution is 7.97. The second-order valence-corrected chi connectivity index (χ2v) is 11.6. The van der Waals surface area contributed by atoms with Crippen LogP contribution in [-0.4, -0.2) is 36.1 Å². The predicted molar refractivity (Wildman–Crippen MR) is 143 cm³/mol. The monoisotopic (exact) mass is 680 g/mol. The van der Waals surface area contributed by atoms with Crippen LogP contribution < -0.4 is 0 Å². The number of alkyl halides is 10. The molecule has 0 aliphatic carbocycles. The standard InChI is InChI=1S/C28H30F10N2O4S/c1-11(2)7-13-15(21(27(33,34)35)39-19(23(29)30)17(13)25(41)43-5)9-45-10-16-14(8-12(3)4)18(26(42)44-6)20(24(31)32)40-22(16)28(36,37)38/h11-12,23-24H,7-10H2,1-6H3. The molecule has 0 aliphatic heterocycles. The third-order valence-corrected chi connectivity index (χ3v) is 7.31. The first-order valence-corrected chi connectivity index (χ1v) is 14.4. The van der Waals surface area contributed by atoms with E-state index in [4.69, 9.17) is 0 Å². The summed E-state index contributed by atoms with van der Waals surface area (Å²) >= 11 is 0.428. The van der Waals surface area contributed by atoms with E-state index in [1.54, 1.807) is 0 Å². The second-order valence-electron chi connectivity index (χ2n) is 10.6. The van der Waals surface area contributed by atoms with Crippen molar-refractivity contribution in [1.29, 1.82) is 0 Å². The zero-order chi connectivity index (χ0) is 34.6. The Kier molecular flexibility index (Phi) is 12.7. The number of ether oxygens (including phenoxy) is 2. The number of nitrogens with zero attached hydrogens (tertiary/aromatic N) is 2. The van der Waals surface area contributed by atoms with Gasteiger partial charge in [-0.25, -0.2) is 37.1 Å². The zero-order valence-corrected chi connectivity index (χ0v) is 25.7. The molecule has 45 heavy (non-hydrogen) atoms. The van der Waals surface area contributed by atoms with E-state index >= 15 is 0 Å². The number of carbonyl (C=O) groups excluding carboxylic acids is 2. The molecule has 0 radical (unpaired) electrons. The van der Waals surface area contributed by atoms with E-state index in [0.29, 0.717) is 11.8 Å². The second kappa shape index (κ2) is 15.0. The Balaban J connectivity index is 2.90. The van der Waals surface area contributed by atoms with Crippen LogP contribution in [0.4, 0.5) is 43.9 Å². The summed E-state index contributed by atoms with van der Waals surface area (Å²) in [5.41, 5.74) is -10.7. The molecule has 2 aromatic rings. The lowest BCUT2D eigenvalue weighted by Crippen LogP contribution is -2.23. The molecule has 2 rings (SSSR count). The molecule has 2 heterocycles. The van der Waals surface area contributed by atoms with Gasteiger partial charge in [-0.2, -0.15) is 38.1 Å². The fraction of sp³-hybridized carbons (Fsp3) is 0.571. The van der Waals surface area contributed by atoms with Crippen molar-refractivity contribution in [1.82, 2.24) is 9.97 Å². The van der Waals surface area contributed by atoms with Crippen molar-refractivity contribution in [3.05, 3.63) is 56.2 Å². The van der Waals surface area contributed by atoms with Gasteiger partial charge in [-0.15, -0.1) is 0 Å². The van der Waals surface area contributed by atoms with Gasteiger partial charge in [0.1, 0.15) is 22.8 Å². The van der Waals surface area contributed by atoms with E-state index in [9.17, 15) is 53.5 Å². The first-order valence-electron chi connectivity index (χ1n) is 13.2. The van der Waals surface area contributed by atoms with Crippen LogP contribution in [0.25, 0.3) is 0 Å². The van der Waals surface area contributed by atoms with Gasteiger partial charge in [0, 0.05) is 11.5 Å². The largest absolute Gasteiger partial charge is 0.465 e. The number of thioether (sulfide) groups is 1. The average molecular weight is 681 g/mol. The molecule has 6 nitrogen and oxygen atoms in total. The number of rotatable bonds is 12. The van der Waals surface area contributed by atoms with Crippen LogP contribution in [0.2, 0.25) is 0 Å². The Morgan fingerprint density at radius 2 is 0.956 bits per heavy atom. The minimum atomic E-state index is -5.32. The van der Waals surface area contributed by atoms with Crippen LogP contribution in [0.5, 0.6) is 0 Å². The van der Waals surface area contributed by atoms with E-state index in [1.807, 2.05) is 0 Å². The van der Waals surface area contributed by atoms with Gasteiger partial charge in [0.25, 0.3) is 12.9 Å². The van der Waals surface area contributed by atoms with Crippen molar-refractivity contribution in [2.24, 2.45) is 11.8 Å². The van der Waals surface area contributed by atoms with Gasteiger partial charge < -0.3 is 9.47 Å². The normalized spacial score (nSPS) is 12.5. The molecule has 252 valence electrons. The Hall–Kier alpha value is -3.11. The summed E-state index contributed by atoms with van der Waals surface area (Å²) in [5.74, 6) is -5.37. The van der Waals surface area contributed by atoms with Crippen molar-refractivity contribution in [2.75, 3.05) is 14.2 Å². The van der Waals surface area contributed by atoms with Crippen LogP contribution in [0.1, 0.15) is 106 Å². The Morgan fingerprint density at radius 3 is 1.18 bits per heavy atom. The Bertz CT molecular complexity index is 1290. The Labute approximate surface area is 256 Å². The molecule has 0 bridgehead atoms. The van der Waals surface area contributed by atoms with Crippen LogP contribution in [0.15, 0.2) is 0 Å². The van der Waals surface area contributed by atoms with Gasteiger partial charge in [0.05, 0.1) is 25.3 Å². The molecular weight excluding hydrogens is 650 g/mol. The molecule has 0 amide bonds. The van der Waals surface area contributed by atoms with E-state index in [-0.39, 0.29) is 12.8 Å². The molecule has 0 fully saturated rings. The number of halogens is 10. The minimum absolute atomic E-state index is 0.338. The smallest absolute Gasteiger partial charge is 0.433 e. The molecule has 0 spiro atoms. The molecule has 0 atom stereocenters. The molecule has 0 aromatic carbocycles. The van der Waals surface area contributed by atoms with Gasteiger partial charge in [-0.1, -0.05) is 27.7 Å². The lowest BCUT2D eigenvalue weighted by molar-refractivity contribution is -0.142. The highest BCUT2D eigenvalue weighted by Crippen LogP contribution is 2.42. The molecule has 2 aromatic heterocycles. The lowest BCUT2D eigenvalue weighted by Gasteiger charge is -2.24. The van der Waals surface area contributed by atoms with Crippen LogP contribution in [0, 0.1) is 11.8 Å². The minimum Gasteiger partial charge on any atom is -0.465 e. The number of aromatic nitrogens is 2. The maximum atomic E-state index is 14.2. The quantitative estimate of drug-likeness (QED) is 0.164. The fourth-order valence-corrected chi connectivity index (χ4v) is 5.79. The third kappa shape index (κ3) is 9.00. The van der Waals surface area contributed by atoms with Crippen LogP contribution >= 0.6 is 11.8 Å². The van der Waals surface area contributed by atoms with E-state index < -0.39 is 117 Å². The highest BCUT2D eigenvalue weighted by Gasteiger charge is 2.42. The summed E-state index contributed by atoms with van der Waals surface area (Å²) in [6, 6.07) is 0. The van der Waals surface area contributed by atoms with Crippen molar-refractivity contribution < 1.29 is 63.0 Å². The van der Waals surface area contributed by atoms with Gasteiger partial charge >= 0.3 is 24.3 Å². The van der Waals surface area contributed by atoms with E-state index in [0.717, 1.165) is 14.2 Å². The number of esters is 2. The van der Waals surface area contributed by atoms with E-state index in [1.165, 1.54) is 27.7 Å². The molecular formula is C28H30F10N2O4S. The van der Waals surface area contributed by atoms with Crippen molar-refractivity contribution >= 4 is 23.7 Å². The summed E-state index contributed by atoms with van der Waals surface area (Å²) in [6.45, 7) is 6.14. The average Bonchev–Trinajstić information content (AvgIpc) is 2.90. The summed E-state index contributed by atoms with van der Waals surface area (Å²) in [6.07, 6.45) is -18.5. The van der Waals surface area contributed by atoms with Crippen molar-refractivity contribution in [2.45, 2.75) is 77.2 Å². The molecule has 0 unspecified atom stereocenters. The third-order valence-electron chi connectivity index (χ3n) is 6.33. The summed E-state index contributed by atoms with van der Waals surface area (Å²) in [5, 5.41) is 0. The number of hydrogen-bond donors (Lipinski definition) is 0. The van der Waals surface area contributed by atoms with E-state index in [2.05, 4.69) is 19.4 Å². The fourth-order valence-electron chi connectivity index (χ4n) is 4.66. The SMILES string of the molecule is COC(=O)c1c(C(F)F)nc(C(F)(F)F)c(CSCc2c(C(F)(F)F)nc(C(F)F)c(C(=O)OC)c2CC(C)C)c1CC(C)C. The maximum absolute atomic E-state index is 14.2. The first-order chi connectivity index (χ1) is 20.7. The van der Waals surface area contributed by atoms with Gasteiger partial charge in [-0.05, 0) is 46.9 Å². The number of carbonyl (C=O) groups is 2. The zero-order valence-electron chi connectivity index (χ0n) is 24.9. The lowest BCUT2D eigenvalue weighted by atomic mass is 9.91. The summed E-state index contributed by atoms with van der Waals surface area (Å²) in [7, 11) is 1.65. The van der Waals surface area contributed by atoms with Crippen LogP contribution in [0.3, 0.4) is 0 Å². The maximum Gasteiger partial charge on any atom is 0.433 e. The van der Waals surface area contributed by atoms with Gasteiger partial charge in [-0.3, -0.25) is 0 Å². The topological polar surface area (TPSA) is 78.4 Å². The van der Waals surface area contributed by atoms with Crippen LogP contribution in [-0.2, 0) is 46.2 Å². The van der Waals surface area contributed by atoms with Crippen molar-refractivity contribution in [3.63, 3.8) is 0 Å². The van der Waals surface area contributed by atoms with Crippen molar-refractivity contribution in [3.8, 4) is 0 Å². The molecule has 0 saturated carbocycles. The molecule has 0 saturated heterocycles.